The highest BCUT2D eigenvalue weighted by molar-refractivity contribution is 7.61. The zero-order valence-electron chi connectivity index (χ0n) is 18.2. The third-order valence-electron chi connectivity index (χ3n) is 5.59. The van der Waals surface area contributed by atoms with E-state index in [1.54, 1.807) is 12.1 Å². The third-order valence-corrected chi connectivity index (χ3v) is 6.68. The van der Waals surface area contributed by atoms with E-state index >= 15 is 0 Å². The molecule has 2 aliphatic rings. The minimum absolute atomic E-state index is 0.00213. The fourth-order valence-electron chi connectivity index (χ4n) is 3.79. The van der Waals surface area contributed by atoms with Gasteiger partial charge >= 0.3 is 14.0 Å². The van der Waals surface area contributed by atoms with Crippen molar-refractivity contribution in [1.82, 2.24) is 10.1 Å². The summed E-state index contributed by atoms with van der Waals surface area (Å²) in [6.45, 7) is 0.277. The second kappa shape index (κ2) is 10.1. The summed E-state index contributed by atoms with van der Waals surface area (Å²) in [7, 11) is -4.67. The van der Waals surface area contributed by atoms with Gasteiger partial charge in [-0.05, 0) is 35.3 Å². The molecule has 186 valence electrons. The third kappa shape index (κ3) is 5.49. The number of aromatic nitrogens is 1. The van der Waals surface area contributed by atoms with E-state index in [0.29, 0.717) is 11.3 Å². The minimum Gasteiger partial charge on any atom is -0.471 e. The number of carbonyl (C=O) groups excluding carboxylic acids is 3. The molecule has 14 heteroatoms. The zero-order chi connectivity index (χ0) is 25.2. The van der Waals surface area contributed by atoms with Crippen LogP contribution in [0.2, 0.25) is 0 Å². The number of halogens is 1. The van der Waals surface area contributed by atoms with E-state index in [1.807, 2.05) is 0 Å². The first kappa shape index (κ1) is 24.7. The van der Waals surface area contributed by atoms with Crippen LogP contribution in [-0.4, -0.2) is 81.0 Å². The summed E-state index contributed by atoms with van der Waals surface area (Å²) in [5.74, 6) is -1.25. The molecule has 4 rings (SSSR count). The van der Waals surface area contributed by atoms with Gasteiger partial charge in [-0.3, -0.25) is 14.5 Å². The predicted octanol–water partition coefficient (Wildman–Crippen LogP) is 1.14. The Bertz CT molecular complexity index is 1140. The fourth-order valence-corrected chi connectivity index (χ4v) is 4.42. The van der Waals surface area contributed by atoms with Crippen molar-refractivity contribution in [2.24, 2.45) is 0 Å². The van der Waals surface area contributed by atoms with Gasteiger partial charge in [0.1, 0.15) is 18.7 Å². The first-order valence-corrected chi connectivity index (χ1v) is 12.2. The second-order valence-electron chi connectivity index (χ2n) is 7.89. The number of cyclic esters (lactones) is 1. The number of anilines is 1. The molecule has 0 bridgehead atoms. The molecule has 1 saturated heterocycles. The smallest absolute Gasteiger partial charge is 0.424 e. The lowest BCUT2D eigenvalue weighted by Gasteiger charge is -2.28. The van der Waals surface area contributed by atoms with Gasteiger partial charge in [0.15, 0.2) is 12.4 Å². The Balaban J connectivity index is 1.40. The molecule has 2 atom stereocenters. The summed E-state index contributed by atoms with van der Waals surface area (Å²) in [5.41, 5.74) is -0.767. The topological polar surface area (TPSA) is 163 Å². The van der Waals surface area contributed by atoms with Gasteiger partial charge in [0.05, 0.1) is 12.2 Å². The molecule has 1 fully saturated rings. The molecule has 1 aromatic heterocycles. The molecule has 0 unspecified atom stereocenters. The number of aldehydes is 1. The largest absolute Gasteiger partial charge is 0.471 e. The molecule has 3 N–H and O–H groups in total. The minimum atomic E-state index is -4.67. The van der Waals surface area contributed by atoms with E-state index in [1.165, 1.54) is 34.3 Å². The summed E-state index contributed by atoms with van der Waals surface area (Å²) in [6, 6.07) is 5.81. The Hall–Kier alpha value is -3.38. The van der Waals surface area contributed by atoms with Crippen LogP contribution < -0.4 is 9.64 Å². The van der Waals surface area contributed by atoms with E-state index in [2.05, 4.69) is 9.68 Å². The van der Waals surface area contributed by atoms with Gasteiger partial charge in [-0.15, -0.1) is 0 Å². The molecule has 0 spiro atoms. The first-order valence-electron chi connectivity index (χ1n) is 10.5. The number of rotatable bonds is 8. The molecule has 12 nitrogen and oxygen atoms in total. The summed E-state index contributed by atoms with van der Waals surface area (Å²) in [5, 5.41) is 3.60. The Morgan fingerprint density at radius 2 is 2.14 bits per heavy atom. The number of ether oxygens (including phenoxy) is 2. The highest BCUT2D eigenvalue weighted by Gasteiger charge is 2.50. The molecule has 35 heavy (non-hydrogen) atoms. The SMILES string of the molecule is O=C[C@@H](C(=O)N1CC=C(c2ccc(N3C[C@H](COc4ccon4)OC3=O)cc2F)CC1)[P+](O)(O)O. The molecule has 2 aliphatic heterocycles. The molecular weight excluding hydrogens is 488 g/mol. The summed E-state index contributed by atoms with van der Waals surface area (Å²) in [4.78, 5) is 66.0. The number of amides is 2. The van der Waals surface area contributed by atoms with Crippen molar-refractivity contribution in [3.8, 4) is 5.88 Å². The summed E-state index contributed by atoms with van der Waals surface area (Å²) in [6.07, 6.45) is 1.93. The van der Waals surface area contributed by atoms with Gasteiger partial charge in [0.25, 0.3) is 17.4 Å². The van der Waals surface area contributed by atoms with Crippen molar-refractivity contribution in [2.75, 3.05) is 31.1 Å². The predicted molar refractivity (Wildman–Crippen MR) is 119 cm³/mol. The number of hydrogen-bond donors (Lipinski definition) is 3. The first-order chi connectivity index (χ1) is 16.7. The number of carbonyl (C=O) groups is 3. The number of benzene rings is 1. The Kier molecular flexibility index (Phi) is 7.13. The zero-order valence-corrected chi connectivity index (χ0v) is 19.1. The van der Waals surface area contributed by atoms with Gasteiger partial charge in [-0.2, -0.15) is 14.7 Å². The maximum absolute atomic E-state index is 15.0. The highest BCUT2D eigenvalue weighted by Crippen LogP contribution is 2.50. The molecule has 2 aromatic rings. The molecule has 0 radical (unpaired) electrons. The maximum atomic E-state index is 15.0. The van der Waals surface area contributed by atoms with Crippen LogP contribution >= 0.6 is 7.94 Å². The van der Waals surface area contributed by atoms with Crippen molar-refractivity contribution in [2.45, 2.75) is 18.2 Å². The number of nitrogens with zero attached hydrogens (tertiary/aromatic N) is 3. The lowest BCUT2D eigenvalue weighted by atomic mass is 9.98. The molecule has 0 aliphatic carbocycles. The monoisotopic (exact) mass is 510 g/mol. The lowest BCUT2D eigenvalue weighted by molar-refractivity contribution is -0.132. The van der Waals surface area contributed by atoms with E-state index in [9.17, 15) is 33.5 Å². The van der Waals surface area contributed by atoms with Crippen LogP contribution in [-0.2, 0) is 14.3 Å². The quantitative estimate of drug-likeness (QED) is 0.267. The van der Waals surface area contributed by atoms with Crippen LogP contribution in [0, 0.1) is 5.82 Å². The second-order valence-corrected chi connectivity index (χ2v) is 9.67. The Labute approximate surface area is 198 Å². The van der Waals surface area contributed by atoms with Crippen molar-refractivity contribution in [3.63, 3.8) is 0 Å². The van der Waals surface area contributed by atoms with E-state index < -0.39 is 37.5 Å². The van der Waals surface area contributed by atoms with Gasteiger partial charge in [0.2, 0.25) is 0 Å². The van der Waals surface area contributed by atoms with Crippen LogP contribution in [0.3, 0.4) is 0 Å². The van der Waals surface area contributed by atoms with Gasteiger partial charge in [0, 0.05) is 24.7 Å². The van der Waals surface area contributed by atoms with E-state index in [0.717, 1.165) is 0 Å². The van der Waals surface area contributed by atoms with Crippen LogP contribution in [0.5, 0.6) is 5.88 Å². The molecule has 3 heterocycles. The molecule has 1 aromatic carbocycles. The lowest BCUT2D eigenvalue weighted by Crippen LogP contribution is -2.43. The van der Waals surface area contributed by atoms with E-state index in [4.69, 9.17) is 9.47 Å². The Morgan fingerprint density at radius 1 is 1.34 bits per heavy atom. The van der Waals surface area contributed by atoms with Crippen molar-refractivity contribution < 1.29 is 47.5 Å². The summed E-state index contributed by atoms with van der Waals surface area (Å²) >= 11 is 0. The molecule has 2 amide bonds. The molecule has 0 saturated carbocycles. The normalized spacial score (nSPS) is 19.3. The van der Waals surface area contributed by atoms with Crippen LogP contribution in [0.25, 0.3) is 5.57 Å². The van der Waals surface area contributed by atoms with Crippen LogP contribution in [0.1, 0.15) is 12.0 Å². The van der Waals surface area contributed by atoms with Crippen LogP contribution in [0.15, 0.2) is 41.1 Å². The highest BCUT2D eigenvalue weighted by atomic mass is 31.2. The van der Waals surface area contributed by atoms with Gasteiger partial charge in [-0.25, -0.2) is 9.18 Å². The molecular formula is C21H22FN3O9P+. The van der Waals surface area contributed by atoms with Crippen molar-refractivity contribution in [1.29, 1.82) is 0 Å². The standard InChI is InChI=1S/C21H22FN3O9P/c22-17-9-14(25-10-15(34-21(25)28)12-32-19-5-8-33-23-19)1-2-16(17)13-3-6-24(7-4-13)20(27)18(11-26)35(29,30)31/h1-3,5,8-9,11,15,18,29-31H,4,6-7,10,12H2/q+1/t15-,18+/m1/s1. The maximum Gasteiger partial charge on any atom is 0.424 e. The fraction of sp³-hybridized carbons (Fsp3) is 0.333. The van der Waals surface area contributed by atoms with Gasteiger partial charge in [-0.1, -0.05) is 6.08 Å². The van der Waals surface area contributed by atoms with Crippen molar-refractivity contribution in [3.05, 3.63) is 48.0 Å². The number of hydrogen-bond acceptors (Lipinski definition) is 10. The van der Waals surface area contributed by atoms with Crippen LogP contribution in [0.4, 0.5) is 14.9 Å². The summed E-state index contributed by atoms with van der Waals surface area (Å²) < 4.78 is 30.2. The average molecular weight is 510 g/mol. The van der Waals surface area contributed by atoms with Crippen molar-refractivity contribution >= 4 is 37.5 Å². The Morgan fingerprint density at radius 3 is 2.74 bits per heavy atom. The average Bonchev–Trinajstić information content (AvgIpc) is 3.46. The van der Waals surface area contributed by atoms with E-state index in [-0.39, 0.29) is 50.4 Å². The van der Waals surface area contributed by atoms with Gasteiger partial charge < -0.3 is 18.9 Å².